The van der Waals surface area contributed by atoms with Crippen molar-refractivity contribution in [1.29, 1.82) is 0 Å². The fourth-order valence-electron chi connectivity index (χ4n) is 2.22. The molecule has 110 valence electrons. The zero-order valence-corrected chi connectivity index (χ0v) is 11.6. The van der Waals surface area contributed by atoms with Gasteiger partial charge in [-0.15, -0.1) is 0 Å². The number of hydrogen-bond acceptors (Lipinski definition) is 4. The standard InChI is InChI=1S/C15H12N4O3/c1-9(20)18-11-4-2-3-10(7-11)13-5-6-16-14-12(15(21)22)8-17-19(13)14/h2-8H,1H3,(H,18,20)(H,21,22). The number of fused-ring (bicyclic) bond motifs is 1. The van der Waals surface area contributed by atoms with Gasteiger partial charge in [0.05, 0.1) is 11.9 Å². The Morgan fingerprint density at radius 3 is 2.82 bits per heavy atom. The van der Waals surface area contributed by atoms with Crippen LogP contribution in [0.15, 0.2) is 42.7 Å². The van der Waals surface area contributed by atoms with E-state index >= 15 is 0 Å². The first-order valence-electron chi connectivity index (χ1n) is 6.50. The molecule has 2 aromatic heterocycles. The molecular formula is C15H12N4O3. The Hall–Kier alpha value is -3.22. The van der Waals surface area contributed by atoms with Gasteiger partial charge < -0.3 is 10.4 Å². The van der Waals surface area contributed by atoms with Gasteiger partial charge in [-0.3, -0.25) is 4.79 Å². The van der Waals surface area contributed by atoms with Crippen LogP contribution in [0.25, 0.3) is 16.9 Å². The Labute approximate surface area is 125 Å². The minimum Gasteiger partial charge on any atom is -0.477 e. The van der Waals surface area contributed by atoms with E-state index in [9.17, 15) is 9.59 Å². The molecule has 0 aliphatic rings. The molecule has 2 heterocycles. The fourth-order valence-corrected chi connectivity index (χ4v) is 2.22. The number of carbonyl (C=O) groups excluding carboxylic acids is 1. The van der Waals surface area contributed by atoms with Crippen LogP contribution in [0, 0.1) is 0 Å². The largest absolute Gasteiger partial charge is 0.477 e. The van der Waals surface area contributed by atoms with Crippen molar-refractivity contribution in [3.8, 4) is 11.3 Å². The maximum atomic E-state index is 11.2. The van der Waals surface area contributed by atoms with Crippen molar-refractivity contribution in [3.05, 3.63) is 48.3 Å². The number of rotatable bonds is 3. The Morgan fingerprint density at radius 1 is 1.27 bits per heavy atom. The lowest BCUT2D eigenvalue weighted by molar-refractivity contribution is -0.114. The average molecular weight is 296 g/mol. The van der Waals surface area contributed by atoms with Gasteiger partial charge in [-0.05, 0) is 18.2 Å². The summed E-state index contributed by atoms with van der Waals surface area (Å²) >= 11 is 0. The first kappa shape index (κ1) is 13.7. The van der Waals surface area contributed by atoms with Crippen LogP contribution >= 0.6 is 0 Å². The predicted molar refractivity (Wildman–Crippen MR) is 79.7 cm³/mol. The van der Waals surface area contributed by atoms with Crippen LogP contribution < -0.4 is 5.32 Å². The lowest BCUT2D eigenvalue weighted by Crippen LogP contribution is -2.05. The molecule has 0 saturated carbocycles. The van der Waals surface area contributed by atoms with Crippen molar-refractivity contribution in [3.63, 3.8) is 0 Å². The van der Waals surface area contributed by atoms with Gasteiger partial charge in [-0.25, -0.2) is 14.3 Å². The molecular weight excluding hydrogens is 284 g/mol. The van der Waals surface area contributed by atoms with Gasteiger partial charge in [0, 0.05) is 24.4 Å². The summed E-state index contributed by atoms with van der Waals surface area (Å²) in [5, 5.41) is 15.9. The number of carboxylic acid groups (broad SMARTS) is 1. The van der Waals surface area contributed by atoms with E-state index in [0.717, 1.165) is 5.56 Å². The number of anilines is 1. The third-order valence-electron chi connectivity index (χ3n) is 3.11. The number of benzene rings is 1. The second-order valence-corrected chi connectivity index (χ2v) is 4.69. The van der Waals surface area contributed by atoms with Crippen LogP contribution in [0.4, 0.5) is 5.69 Å². The fraction of sp³-hybridized carbons (Fsp3) is 0.0667. The lowest BCUT2D eigenvalue weighted by Gasteiger charge is -2.07. The SMILES string of the molecule is CC(=O)Nc1cccc(-c2ccnc3c(C(=O)O)cnn23)c1. The van der Waals surface area contributed by atoms with Crippen molar-refractivity contribution in [2.75, 3.05) is 5.32 Å². The van der Waals surface area contributed by atoms with Crippen LogP contribution in [0.2, 0.25) is 0 Å². The van der Waals surface area contributed by atoms with Crippen LogP contribution in [0.1, 0.15) is 17.3 Å². The van der Waals surface area contributed by atoms with Gasteiger partial charge in [-0.2, -0.15) is 5.10 Å². The van der Waals surface area contributed by atoms with E-state index < -0.39 is 5.97 Å². The Morgan fingerprint density at radius 2 is 2.09 bits per heavy atom. The van der Waals surface area contributed by atoms with Gasteiger partial charge in [0.15, 0.2) is 5.65 Å². The number of amides is 1. The monoisotopic (exact) mass is 296 g/mol. The minimum atomic E-state index is -1.08. The van der Waals surface area contributed by atoms with E-state index in [-0.39, 0.29) is 17.1 Å². The number of aromatic carboxylic acids is 1. The van der Waals surface area contributed by atoms with E-state index in [1.807, 2.05) is 6.07 Å². The number of aromatic nitrogens is 3. The first-order valence-corrected chi connectivity index (χ1v) is 6.50. The molecule has 1 aromatic carbocycles. The lowest BCUT2D eigenvalue weighted by atomic mass is 10.1. The van der Waals surface area contributed by atoms with Crippen LogP contribution in [-0.4, -0.2) is 31.6 Å². The van der Waals surface area contributed by atoms with Gasteiger partial charge in [0.1, 0.15) is 5.56 Å². The Balaban J connectivity index is 2.14. The van der Waals surface area contributed by atoms with Crippen LogP contribution in [0.3, 0.4) is 0 Å². The zero-order valence-electron chi connectivity index (χ0n) is 11.6. The molecule has 0 aliphatic heterocycles. The third-order valence-corrected chi connectivity index (χ3v) is 3.11. The number of nitrogens with zero attached hydrogens (tertiary/aromatic N) is 3. The highest BCUT2D eigenvalue weighted by Gasteiger charge is 2.15. The predicted octanol–water partition coefficient (Wildman–Crippen LogP) is 2.05. The number of carboxylic acids is 1. The third kappa shape index (κ3) is 2.39. The number of hydrogen-bond donors (Lipinski definition) is 2. The molecule has 0 radical (unpaired) electrons. The first-order chi connectivity index (χ1) is 10.6. The summed E-state index contributed by atoms with van der Waals surface area (Å²) in [6, 6.07) is 8.95. The average Bonchev–Trinajstić information content (AvgIpc) is 2.90. The summed E-state index contributed by atoms with van der Waals surface area (Å²) in [6.07, 6.45) is 2.80. The van der Waals surface area contributed by atoms with E-state index in [4.69, 9.17) is 5.11 Å². The molecule has 0 fully saturated rings. The summed E-state index contributed by atoms with van der Waals surface area (Å²) in [4.78, 5) is 26.4. The van der Waals surface area contributed by atoms with Gasteiger partial charge in [0.2, 0.25) is 5.91 Å². The molecule has 0 bridgehead atoms. The van der Waals surface area contributed by atoms with Crippen molar-refractivity contribution < 1.29 is 14.7 Å². The smallest absolute Gasteiger partial charge is 0.341 e. The van der Waals surface area contributed by atoms with Crippen molar-refractivity contribution >= 4 is 23.2 Å². The molecule has 3 aromatic rings. The maximum absolute atomic E-state index is 11.2. The minimum absolute atomic E-state index is 0.0415. The summed E-state index contributed by atoms with van der Waals surface area (Å²) in [5.74, 6) is -1.24. The normalized spacial score (nSPS) is 10.6. The molecule has 22 heavy (non-hydrogen) atoms. The molecule has 0 atom stereocenters. The summed E-state index contributed by atoms with van der Waals surface area (Å²) in [5.41, 5.74) is 2.44. The summed E-state index contributed by atoms with van der Waals surface area (Å²) in [6.45, 7) is 1.43. The van der Waals surface area contributed by atoms with E-state index in [2.05, 4.69) is 15.4 Å². The van der Waals surface area contributed by atoms with Crippen LogP contribution in [-0.2, 0) is 4.79 Å². The van der Waals surface area contributed by atoms with Crippen molar-refractivity contribution in [1.82, 2.24) is 14.6 Å². The molecule has 2 N–H and O–H groups in total. The second-order valence-electron chi connectivity index (χ2n) is 4.69. The number of nitrogens with one attached hydrogen (secondary N) is 1. The molecule has 0 spiro atoms. The highest BCUT2D eigenvalue weighted by Crippen LogP contribution is 2.23. The molecule has 3 rings (SSSR count). The molecule has 1 amide bonds. The molecule has 7 heteroatoms. The topological polar surface area (TPSA) is 96.6 Å². The van der Waals surface area contributed by atoms with Gasteiger partial charge in [0.25, 0.3) is 0 Å². The second kappa shape index (κ2) is 5.28. The van der Waals surface area contributed by atoms with Crippen molar-refractivity contribution in [2.24, 2.45) is 0 Å². The van der Waals surface area contributed by atoms with Gasteiger partial charge in [-0.1, -0.05) is 12.1 Å². The maximum Gasteiger partial charge on any atom is 0.341 e. The van der Waals surface area contributed by atoms with E-state index in [0.29, 0.717) is 11.4 Å². The summed E-state index contributed by atoms with van der Waals surface area (Å²) < 4.78 is 1.47. The highest BCUT2D eigenvalue weighted by atomic mass is 16.4. The van der Waals surface area contributed by atoms with E-state index in [1.165, 1.54) is 23.8 Å². The summed E-state index contributed by atoms with van der Waals surface area (Å²) in [7, 11) is 0. The van der Waals surface area contributed by atoms with Crippen LogP contribution in [0.5, 0.6) is 0 Å². The highest BCUT2D eigenvalue weighted by molar-refractivity contribution is 5.94. The van der Waals surface area contributed by atoms with Crippen molar-refractivity contribution in [2.45, 2.75) is 6.92 Å². The molecule has 0 aliphatic carbocycles. The Kier molecular flexibility index (Phi) is 3.30. The molecule has 7 nitrogen and oxygen atoms in total. The van der Waals surface area contributed by atoms with Gasteiger partial charge >= 0.3 is 5.97 Å². The molecule has 0 saturated heterocycles. The zero-order chi connectivity index (χ0) is 15.7. The van der Waals surface area contributed by atoms with E-state index in [1.54, 1.807) is 24.3 Å². The Bertz CT molecular complexity index is 885. The quantitative estimate of drug-likeness (QED) is 0.771. The molecule has 0 unspecified atom stereocenters. The number of carbonyl (C=O) groups is 2.